The van der Waals surface area contributed by atoms with Gasteiger partial charge in [-0.05, 0) is 36.8 Å². The Balaban J connectivity index is 1.90. The normalized spacial score (nSPS) is 13.2. The van der Waals surface area contributed by atoms with Crippen LogP contribution in [0.5, 0.6) is 5.75 Å². The SMILES string of the molecule is Cc1ccnc(NC(=O)COP(C)(=O)Oc2ccc(Cl)c(Cl)c2)c1. The second-order valence-electron chi connectivity index (χ2n) is 4.98. The van der Waals surface area contributed by atoms with Gasteiger partial charge in [-0.2, -0.15) is 0 Å². The third-order valence-corrected chi connectivity index (χ3v) is 4.65. The molecule has 2 aromatic rings. The summed E-state index contributed by atoms with van der Waals surface area (Å²) in [6.07, 6.45) is 1.57. The van der Waals surface area contributed by atoms with Crippen molar-refractivity contribution in [2.45, 2.75) is 6.92 Å². The highest BCUT2D eigenvalue weighted by atomic mass is 35.5. The minimum atomic E-state index is -3.50. The molecule has 128 valence electrons. The van der Waals surface area contributed by atoms with Crippen molar-refractivity contribution in [3.8, 4) is 5.75 Å². The highest BCUT2D eigenvalue weighted by molar-refractivity contribution is 7.53. The Kier molecular flexibility index (Phi) is 6.24. The molecule has 0 bridgehead atoms. The predicted octanol–water partition coefficient (Wildman–Crippen LogP) is 4.55. The number of carbonyl (C=O) groups is 1. The molecule has 9 heteroatoms. The van der Waals surface area contributed by atoms with Crippen molar-refractivity contribution in [2.24, 2.45) is 0 Å². The van der Waals surface area contributed by atoms with E-state index in [0.717, 1.165) is 5.56 Å². The lowest BCUT2D eigenvalue weighted by molar-refractivity contribution is -0.118. The van der Waals surface area contributed by atoms with E-state index in [-0.39, 0.29) is 10.8 Å². The number of hydrogen-bond donors (Lipinski definition) is 1. The first-order valence-electron chi connectivity index (χ1n) is 6.84. The molecule has 1 unspecified atom stereocenters. The van der Waals surface area contributed by atoms with Gasteiger partial charge >= 0.3 is 7.60 Å². The van der Waals surface area contributed by atoms with Crippen LogP contribution in [0.3, 0.4) is 0 Å². The van der Waals surface area contributed by atoms with Crippen molar-refractivity contribution in [1.82, 2.24) is 4.98 Å². The molecule has 24 heavy (non-hydrogen) atoms. The average Bonchev–Trinajstić information content (AvgIpc) is 2.49. The van der Waals surface area contributed by atoms with Gasteiger partial charge < -0.3 is 9.84 Å². The fourth-order valence-electron chi connectivity index (χ4n) is 1.71. The molecule has 0 saturated heterocycles. The Morgan fingerprint density at radius 2 is 2.00 bits per heavy atom. The van der Waals surface area contributed by atoms with Crippen molar-refractivity contribution in [3.05, 3.63) is 52.1 Å². The summed E-state index contributed by atoms with van der Waals surface area (Å²) in [7, 11) is -3.50. The minimum Gasteiger partial charge on any atom is -0.424 e. The fourth-order valence-corrected chi connectivity index (χ4v) is 2.90. The van der Waals surface area contributed by atoms with Crippen LogP contribution in [-0.4, -0.2) is 24.2 Å². The maximum Gasteiger partial charge on any atom is 0.376 e. The number of amides is 1. The number of hydrogen-bond acceptors (Lipinski definition) is 5. The summed E-state index contributed by atoms with van der Waals surface area (Å²) >= 11 is 11.7. The summed E-state index contributed by atoms with van der Waals surface area (Å²) in [5.74, 6) is 0.129. The van der Waals surface area contributed by atoms with E-state index in [4.69, 9.17) is 32.2 Å². The van der Waals surface area contributed by atoms with Gasteiger partial charge in [0.1, 0.15) is 18.2 Å². The van der Waals surface area contributed by atoms with E-state index in [0.29, 0.717) is 10.8 Å². The van der Waals surface area contributed by atoms with Gasteiger partial charge in [0.05, 0.1) is 10.0 Å². The lowest BCUT2D eigenvalue weighted by atomic mass is 10.3. The first-order valence-corrected chi connectivity index (χ1v) is 9.59. The zero-order chi connectivity index (χ0) is 17.7. The largest absolute Gasteiger partial charge is 0.424 e. The summed E-state index contributed by atoms with van der Waals surface area (Å²) in [5, 5.41) is 3.16. The molecule has 6 nitrogen and oxygen atoms in total. The Morgan fingerprint density at radius 1 is 1.25 bits per heavy atom. The summed E-state index contributed by atoms with van der Waals surface area (Å²) in [6.45, 7) is 2.69. The van der Waals surface area contributed by atoms with Crippen LogP contribution in [0.4, 0.5) is 5.82 Å². The van der Waals surface area contributed by atoms with Gasteiger partial charge in [-0.15, -0.1) is 0 Å². The predicted molar refractivity (Wildman–Crippen MR) is 94.2 cm³/mol. The minimum absolute atomic E-state index is 0.232. The Bertz CT molecular complexity index is 801. The Morgan fingerprint density at radius 3 is 2.67 bits per heavy atom. The number of anilines is 1. The highest BCUT2D eigenvalue weighted by Gasteiger charge is 2.21. The Hall–Kier alpha value is -1.59. The number of carbonyl (C=O) groups excluding carboxylic acids is 1. The average molecular weight is 389 g/mol. The van der Waals surface area contributed by atoms with E-state index in [9.17, 15) is 9.36 Å². The van der Waals surface area contributed by atoms with Crippen LogP contribution in [0.25, 0.3) is 0 Å². The zero-order valence-electron chi connectivity index (χ0n) is 13.0. The first kappa shape index (κ1) is 18.7. The smallest absolute Gasteiger partial charge is 0.376 e. The molecule has 0 aliphatic heterocycles. The molecule has 1 heterocycles. The number of rotatable bonds is 6. The third-order valence-electron chi connectivity index (χ3n) is 2.78. The van der Waals surface area contributed by atoms with E-state index in [1.54, 1.807) is 18.3 Å². The molecule has 0 fully saturated rings. The van der Waals surface area contributed by atoms with Crippen molar-refractivity contribution in [3.63, 3.8) is 0 Å². The topological polar surface area (TPSA) is 77.5 Å². The fraction of sp³-hybridized carbons (Fsp3) is 0.200. The van der Waals surface area contributed by atoms with Gasteiger partial charge in [0, 0.05) is 18.9 Å². The Labute approximate surface area is 149 Å². The molecule has 0 radical (unpaired) electrons. The summed E-state index contributed by atoms with van der Waals surface area (Å²) in [5.41, 5.74) is 0.949. The first-order chi connectivity index (χ1) is 11.2. The van der Waals surface area contributed by atoms with Gasteiger partial charge in [-0.1, -0.05) is 23.2 Å². The third kappa shape index (κ3) is 5.80. The number of pyridine rings is 1. The van der Waals surface area contributed by atoms with Crippen molar-refractivity contribution in [1.29, 1.82) is 0 Å². The zero-order valence-corrected chi connectivity index (χ0v) is 15.4. The lowest BCUT2D eigenvalue weighted by Gasteiger charge is -2.15. The monoisotopic (exact) mass is 388 g/mol. The van der Waals surface area contributed by atoms with Gasteiger partial charge in [0.2, 0.25) is 0 Å². The molecule has 1 aromatic carbocycles. The van der Waals surface area contributed by atoms with Crippen LogP contribution in [0.15, 0.2) is 36.5 Å². The molecular formula is C15H15Cl2N2O4P. The summed E-state index contributed by atoms with van der Waals surface area (Å²) in [6, 6.07) is 7.94. The number of nitrogens with zero attached hydrogens (tertiary/aromatic N) is 1. The second-order valence-corrected chi connectivity index (χ2v) is 7.78. The van der Waals surface area contributed by atoms with Crippen LogP contribution in [0.1, 0.15) is 5.56 Å². The summed E-state index contributed by atoms with van der Waals surface area (Å²) < 4.78 is 22.6. The molecule has 1 aromatic heterocycles. The van der Waals surface area contributed by atoms with Gasteiger partial charge in [0.15, 0.2) is 0 Å². The lowest BCUT2D eigenvalue weighted by Crippen LogP contribution is -2.18. The van der Waals surface area contributed by atoms with E-state index in [2.05, 4.69) is 10.3 Å². The van der Waals surface area contributed by atoms with Gasteiger partial charge in [-0.3, -0.25) is 9.32 Å². The number of nitrogens with one attached hydrogen (secondary N) is 1. The number of aryl methyl sites for hydroxylation is 1. The number of benzene rings is 1. The van der Waals surface area contributed by atoms with Crippen LogP contribution < -0.4 is 9.84 Å². The molecule has 0 aliphatic rings. The van der Waals surface area contributed by atoms with E-state index in [1.807, 2.05) is 6.92 Å². The molecule has 0 aliphatic carbocycles. The quantitative estimate of drug-likeness (QED) is 0.734. The van der Waals surface area contributed by atoms with Gasteiger partial charge in [0.25, 0.3) is 5.91 Å². The van der Waals surface area contributed by atoms with Crippen LogP contribution in [0.2, 0.25) is 10.0 Å². The number of halogens is 2. The van der Waals surface area contributed by atoms with Crippen molar-refractivity contribution in [2.75, 3.05) is 18.6 Å². The van der Waals surface area contributed by atoms with E-state index >= 15 is 0 Å². The van der Waals surface area contributed by atoms with Crippen LogP contribution in [0, 0.1) is 6.92 Å². The highest BCUT2D eigenvalue weighted by Crippen LogP contribution is 2.45. The van der Waals surface area contributed by atoms with Crippen LogP contribution in [-0.2, 0) is 13.9 Å². The molecule has 1 amide bonds. The molecule has 0 saturated carbocycles. The van der Waals surface area contributed by atoms with Crippen molar-refractivity contribution >= 4 is 42.5 Å². The van der Waals surface area contributed by atoms with Crippen LogP contribution >= 0.6 is 30.8 Å². The second kappa shape index (κ2) is 7.99. The maximum atomic E-state index is 12.3. The summed E-state index contributed by atoms with van der Waals surface area (Å²) in [4.78, 5) is 15.8. The number of aromatic nitrogens is 1. The van der Waals surface area contributed by atoms with Crippen molar-refractivity contribution < 1.29 is 18.4 Å². The molecule has 1 N–H and O–H groups in total. The molecule has 1 atom stereocenters. The molecular weight excluding hydrogens is 374 g/mol. The van der Waals surface area contributed by atoms with E-state index < -0.39 is 20.1 Å². The van der Waals surface area contributed by atoms with E-state index in [1.165, 1.54) is 24.9 Å². The molecule has 2 rings (SSSR count). The molecule has 0 spiro atoms. The maximum absolute atomic E-state index is 12.3. The standard InChI is InChI=1S/C15H15Cl2N2O4P/c1-10-5-6-18-14(7-10)19-15(20)9-22-24(2,21)23-11-3-4-12(16)13(17)8-11/h3-8H,9H2,1-2H3,(H,18,19,20). The van der Waals surface area contributed by atoms with Gasteiger partial charge in [-0.25, -0.2) is 9.55 Å².